The van der Waals surface area contributed by atoms with Crippen molar-refractivity contribution in [1.29, 1.82) is 0 Å². The summed E-state index contributed by atoms with van der Waals surface area (Å²) in [6.45, 7) is 6.82. The summed E-state index contributed by atoms with van der Waals surface area (Å²) in [6, 6.07) is 5.27. The number of ether oxygens (including phenoxy) is 1. The number of aromatic hydroxyl groups is 1. The van der Waals surface area contributed by atoms with Crippen LogP contribution in [0.15, 0.2) is 24.4 Å². The molecule has 3 aromatic rings. The fourth-order valence-corrected chi connectivity index (χ4v) is 3.58. The van der Waals surface area contributed by atoms with Gasteiger partial charge in [-0.05, 0) is 39.0 Å². The minimum absolute atomic E-state index is 0.00483. The summed E-state index contributed by atoms with van der Waals surface area (Å²) >= 11 is 1.69. The minimum atomic E-state index is -0.00483. The van der Waals surface area contributed by atoms with Gasteiger partial charge in [0.05, 0.1) is 18.5 Å². The van der Waals surface area contributed by atoms with E-state index in [9.17, 15) is 5.11 Å². The first kappa shape index (κ1) is 15.8. The zero-order valence-corrected chi connectivity index (χ0v) is 14.6. The summed E-state index contributed by atoms with van der Waals surface area (Å²) in [5.41, 5.74) is 3.01. The molecule has 2 heterocycles. The maximum Gasteiger partial charge on any atom is 0.194 e. The number of hydrogen-bond acceptors (Lipinski definition) is 5. The number of nitrogens with one attached hydrogen (secondary N) is 1. The smallest absolute Gasteiger partial charge is 0.194 e. The maximum atomic E-state index is 10.1. The Bertz CT molecular complexity index is 838. The number of benzene rings is 1. The van der Waals surface area contributed by atoms with Crippen molar-refractivity contribution in [3.05, 3.63) is 46.2 Å². The highest BCUT2D eigenvalue weighted by atomic mass is 32.1. The topological polar surface area (TPSA) is 58.8 Å². The van der Waals surface area contributed by atoms with E-state index in [0.717, 1.165) is 27.7 Å². The van der Waals surface area contributed by atoms with Crippen molar-refractivity contribution in [1.82, 2.24) is 14.7 Å². The van der Waals surface area contributed by atoms with Gasteiger partial charge >= 0.3 is 0 Å². The number of nitrogens with zero attached hydrogens (tertiary/aromatic N) is 2. The SMILES string of the molecule is COc1ccc(O)c([C@H](C)NCc2c(C)nc3sc(C)cn23)c1. The average molecular weight is 331 g/mol. The fourth-order valence-electron chi connectivity index (χ4n) is 2.69. The van der Waals surface area contributed by atoms with Gasteiger partial charge in [0.15, 0.2) is 4.96 Å². The lowest BCUT2D eigenvalue weighted by Gasteiger charge is -2.16. The first-order chi connectivity index (χ1) is 11.0. The summed E-state index contributed by atoms with van der Waals surface area (Å²) < 4.78 is 7.38. The van der Waals surface area contributed by atoms with Crippen molar-refractivity contribution in [2.75, 3.05) is 7.11 Å². The molecule has 0 spiro atoms. The zero-order chi connectivity index (χ0) is 16.6. The van der Waals surface area contributed by atoms with Crippen molar-refractivity contribution >= 4 is 16.3 Å². The largest absolute Gasteiger partial charge is 0.508 e. The molecule has 0 aliphatic rings. The van der Waals surface area contributed by atoms with Crippen LogP contribution >= 0.6 is 11.3 Å². The van der Waals surface area contributed by atoms with Crippen LogP contribution in [0.25, 0.3) is 4.96 Å². The lowest BCUT2D eigenvalue weighted by Crippen LogP contribution is -2.19. The molecule has 0 radical (unpaired) electrons. The highest BCUT2D eigenvalue weighted by Gasteiger charge is 2.15. The Balaban J connectivity index is 1.80. The average Bonchev–Trinajstić information content (AvgIpc) is 3.00. The Morgan fingerprint density at radius 2 is 2.17 bits per heavy atom. The number of thiazole rings is 1. The molecule has 1 atom stereocenters. The predicted octanol–water partition coefficient (Wildman–Crippen LogP) is 3.58. The second kappa shape index (κ2) is 6.22. The summed E-state index contributed by atoms with van der Waals surface area (Å²) in [5, 5.41) is 13.5. The van der Waals surface area contributed by atoms with Crippen LogP contribution in [0.4, 0.5) is 0 Å². The van der Waals surface area contributed by atoms with E-state index in [2.05, 4.69) is 27.8 Å². The fraction of sp³-hybridized carbons (Fsp3) is 0.353. The Morgan fingerprint density at radius 1 is 1.39 bits per heavy atom. The van der Waals surface area contributed by atoms with Crippen molar-refractivity contribution in [3.63, 3.8) is 0 Å². The number of phenolic OH excluding ortho intramolecular Hbond substituents is 1. The molecule has 0 saturated heterocycles. The highest BCUT2D eigenvalue weighted by Crippen LogP contribution is 2.29. The van der Waals surface area contributed by atoms with Crippen LogP contribution in [0.3, 0.4) is 0 Å². The van der Waals surface area contributed by atoms with Gasteiger partial charge < -0.3 is 15.2 Å². The van der Waals surface area contributed by atoms with Crippen molar-refractivity contribution in [2.24, 2.45) is 0 Å². The van der Waals surface area contributed by atoms with Crippen LogP contribution in [0.1, 0.15) is 34.8 Å². The first-order valence-electron chi connectivity index (χ1n) is 7.54. The van der Waals surface area contributed by atoms with Crippen LogP contribution in [-0.2, 0) is 6.54 Å². The quantitative estimate of drug-likeness (QED) is 0.750. The molecule has 0 amide bonds. The standard InChI is InChI=1S/C17H21N3O2S/c1-10-9-20-15(12(3)19-17(20)23-10)8-18-11(2)14-7-13(22-4)5-6-16(14)21/h5-7,9,11,18,21H,8H2,1-4H3/t11-/m0/s1. The number of imidazole rings is 1. The van der Waals surface area contributed by atoms with Gasteiger partial charge in [-0.1, -0.05) is 0 Å². The Morgan fingerprint density at radius 3 is 2.91 bits per heavy atom. The molecular weight excluding hydrogens is 310 g/mol. The lowest BCUT2D eigenvalue weighted by molar-refractivity contribution is 0.407. The third-order valence-corrected chi connectivity index (χ3v) is 4.92. The van der Waals surface area contributed by atoms with Crippen LogP contribution < -0.4 is 10.1 Å². The monoisotopic (exact) mass is 331 g/mol. The van der Waals surface area contributed by atoms with Gasteiger partial charge in [0, 0.05) is 29.2 Å². The number of phenols is 1. The van der Waals surface area contributed by atoms with Gasteiger partial charge in [-0.15, -0.1) is 11.3 Å². The molecule has 0 aliphatic carbocycles. The lowest BCUT2D eigenvalue weighted by atomic mass is 10.1. The zero-order valence-electron chi connectivity index (χ0n) is 13.8. The van der Waals surface area contributed by atoms with Crippen LogP contribution in [0.2, 0.25) is 0 Å². The van der Waals surface area contributed by atoms with Gasteiger partial charge in [0.1, 0.15) is 11.5 Å². The van der Waals surface area contributed by atoms with Crippen LogP contribution in [-0.4, -0.2) is 21.6 Å². The third-order valence-electron chi connectivity index (χ3n) is 4.02. The summed E-state index contributed by atoms with van der Waals surface area (Å²) in [5.74, 6) is 1.01. The molecule has 1 aromatic carbocycles. The number of hydrogen-bond donors (Lipinski definition) is 2. The first-order valence-corrected chi connectivity index (χ1v) is 8.35. The predicted molar refractivity (Wildman–Crippen MR) is 92.5 cm³/mol. The molecule has 0 aliphatic heterocycles. The van der Waals surface area contributed by atoms with Crippen molar-refractivity contribution in [2.45, 2.75) is 33.4 Å². The van der Waals surface area contributed by atoms with Crippen LogP contribution in [0, 0.1) is 13.8 Å². The Labute approximate surface area is 139 Å². The Kier molecular flexibility index (Phi) is 4.28. The Hall–Kier alpha value is -2.05. The molecule has 0 unspecified atom stereocenters. The summed E-state index contributed by atoms with van der Waals surface area (Å²) in [6.07, 6.45) is 2.12. The second-order valence-corrected chi connectivity index (χ2v) is 6.88. The number of methoxy groups -OCH3 is 1. The molecule has 0 saturated carbocycles. The normalized spacial score (nSPS) is 12.7. The van der Waals surface area contributed by atoms with E-state index in [1.807, 2.05) is 19.9 Å². The number of aryl methyl sites for hydroxylation is 2. The second-order valence-electron chi connectivity index (χ2n) is 5.67. The third kappa shape index (κ3) is 3.04. The number of rotatable bonds is 5. The molecule has 3 rings (SSSR count). The molecule has 23 heavy (non-hydrogen) atoms. The van der Waals surface area contributed by atoms with E-state index in [0.29, 0.717) is 6.54 Å². The number of aromatic nitrogens is 2. The van der Waals surface area contributed by atoms with Crippen LogP contribution in [0.5, 0.6) is 11.5 Å². The summed E-state index contributed by atoms with van der Waals surface area (Å²) in [7, 11) is 1.62. The van der Waals surface area contributed by atoms with E-state index in [1.165, 1.54) is 4.88 Å². The van der Waals surface area contributed by atoms with E-state index in [-0.39, 0.29) is 11.8 Å². The van der Waals surface area contributed by atoms with E-state index in [4.69, 9.17) is 4.74 Å². The molecule has 0 bridgehead atoms. The van der Waals surface area contributed by atoms with Gasteiger partial charge in [0.25, 0.3) is 0 Å². The molecule has 2 aromatic heterocycles. The van der Waals surface area contributed by atoms with Gasteiger partial charge in [0.2, 0.25) is 0 Å². The minimum Gasteiger partial charge on any atom is -0.508 e. The molecule has 5 nitrogen and oxygen atoms in total. The van der Waals surface area contributed by atoms with Crippen molar-refractivity contribution in [3.8, 4) is 11.5 Å². The molecule has 0 fully saturated rings. The number of fused-ring (bicyclic) bond motifs is 1. The van der Waals surface area contributed by atoms with Crippen molar-refractivity contribution < 1.29 is 9.84 Å². The summed E-state index contributed by atoms with van der Waals surface area (Å²) in [4.78, 5) is 6.87. The van der Waals surface area contributed by atoms with E-state index < -0.39 is 0 Å². The molecule has 2 N–H and O–H groups in total. The van der Waals surface area contributed by atoms with Gasteiger partial charge in [-0.25, -0.2) is 4.98 Å². The maximum absolute atomic E-state index is 10.1. The van der Waals surface area contributed by atoms with E-state index in [1.54, 1.807) is 30.6 Å². The highest BCUT2D eigenvalue weighted by molar-refractivity contribution is 7.17. The van der Waals surface area contributed by atoms with E-state index >= 15 is 0 Å². The van der Waals surface area contributed by atoms with Gasteiger partial charge in [-0.3, -0.25) is 4.40 Å². The molecule has 122 valence electrons. The van der Waals surface area contributed by atoms with Gasteiger partial charge in [-0.2, -0.15) is 0 Å². The molecule has 6 heteroatoms. The molecular formula is C17H21N3O2S.